The Kier molecular flexibility index (Phi) is 3.05. The van der Waals surface area contributed by atoms with Crippen molar-refractivity contribution in [3.8, 4) is 0 Å². The van der Waals surface area contributed by atoms with E-state index in [1.54, 1.807) is 4.68 Å². The number of carbonyl (C=O) groups is 1. The van der Waals surface area contributed by atoms with E-state index in [2.05, 4.69) is 15.7 Å². The average molecular weight is 220 g/mol. The summed E-state index contributed by atoms with van der Waals surface area (Å²) in [7, 11) is 1.86. The van der Waals surface area contributed by atoms with Crippen molar-refractivity contribution >= 4 is 5.91 Å². The van der Waals surface area contributed by atoms with E-state index in [1.807, 2.05) is 26.2 Å². The molecular weight excluding hydrogens is 204 g/mol. The maximum Gasteiger partial charge on any atom is 0.247 e. The van der Waals surface area contributed by atoms with Crippen LogP contribution in [0.3, 0.4) is 0 Å². The molecule has 5 nitrogen and oxygen atoms in total. The molecule has 1 aromatic heterocycles. The molecular formula is C11H16N4O. The number of amides is 1. The molecule has 86 valence electrons. The molecule has 0 aromatic carbocycles. The Labute approximate surface area is 94.5 Å². The number of aromatic nitrogens is 2. The molecule has 0 unspecified atom stereocenters. The molecule has 0 saturated carbocycles. The summed E-state index contributed by atoms with van der Waals surface area (Å²) in [4.78, 5) is 11.7. The monoisotopic (exact) mass is 220 g/mol. The lowest BCUT2D eigenvalue weighted by Gasteiger charge is -2.21. The van der Waals surface area contributed by atoms with E-state index in [4.69, 9.17) is 0 Å². The predicted molar refractivity (Wildman–Crippen MR) is 60.6 cm³/mol. The van der Waals surface area contributed by atoms with Crippen molar-refractivity contribution < 1.29 is 4.79 Å². The molecule has 2 N–H and O–H groups in total. The van der Waals surface area contributed by atoms with Gasteiger partial charge >= 0.3 is 0 Å². The Balaban J connectivity index is 1.88. The van der Waals surface area contributed by atoms with Gasteiger partial charge in [-0.15, -0.1) is 0 Å². The molecule has 1 fully saturated rings. The molecule has 0 aliphatic carbocycles. The van der Waals surface area contributed by atoms with Gasteiger partial charge in [0.15, 0.2) is 0 Å². The molecule has 2 heterocycles. The van der Waals surface area contributed by atoms with Crippen LogP contribution in [0.1, 0.15) is 12.6 Å². The number of rotatable bonds is 3. The summed E-state index contributed by atoms with van der Waals surface area (Å²) in [6.45, 7) is 4.02. The fraction of sp³-hybridized carbons (Fsp3) is 0.455. The third-order valence-corrected chi connectivity index (χ3v) is 2.75. The van der Waals surface area contributed by atoms with Gasteiger partial charge in [0.2, 0.25) is 5.91 Å². The van der Waals surface area contributed by atoms with Gasteiger partial charge in [0.1, 0.15) is 0 Å². The molecule has 1 amide bonds. The Bertz CT molecular complexity index is 427. The number of carbonyl (C=O) groups excluding carboxylic acids is 1. The van der Waals surface area contributed by atoms with Crippen molar-refractivity contribution in [2.75, 3.05) is 13.1 Å². The number of nitrogens with one attached hydrogen (secondary N) is 2. The Morgan fingerprint density at radius 3 is 2.88 bits per heavy atom. The highest BCUT2D eigenvalue weighted by Crippen LogP contribution is 2.08. The van der Waals surface area contributed by atoms with Crippen molar-refractivity contribution in [1.82, 2.24) is 20.4 Å². The number of aryl methyl sites for hydroxylation is 1. The van der Waals surface area contributed by atoms with Crippen LogP contribution in [0, 0.1) is 0 Å². The van der Waals surface area contributed by atoms with E-state index in [-0.39, 0.29) is 5.91 Å². The third-order valence-electron chi connectivity index (χ3n) is 2.75. The number of nitrogens with zero attached hydrogens (tertiary/aromatic N) is 2. The van der Waals surface area contributed by atoms with Gasteiger partial charge in [0.25, 0.3) is 0 Å². The van der Waals surface area contributed by atoms with Crippen molar-refractivity contribution in [2.45, 2.75) is 13.5 Å². The van der Waals surface area contributed by atoms with Crippen LogP contribution in [0.25, 0.3) is 0 Å². The van der Waals surface area contributed by atoms with Crippen LogP contribution >= 0.6 is 0 Å². The van der Waals surface area contributed by atoms with Gasteiger partial charge in [-0.2, -0.15) is 5.10 Å². The normalized spacial score (nSPS) is 14.5. The second kappa shape index (κ2) is 4.49. The topological polar surface area (TPSA) is 59.0 Å². The molecule has 5 heteroatoms. The zero-order valence-corrected chi connectivity index (χ0v) is 9.58. The Morgan fingerprint density at radius 1 is 1.62 bits per heavy atom. The molecule has 1 aromatic rings. The van der Waals surface area contributed by atoms with Gasteiger partial charge in [-0.1, -0.05) is 0 Å². The van der Waals surface area contributed by atoms with Crippen LogP contribution < -0.4 is 10.6 Å². The molecule has 1 saturated heterocycles. The first-order chi connectivity index (χ1) is 7.66. The van der Waals surface area contributed by atoms with Gasteiger partial charge in [0.05, 0.1) is 12.2 Å². The van der Waals surface area contributed by atoms with E-state index < -0.39 is 0 Å². The molecule has 1 aliphatic heterocycles. The van der Waals surface area contributed by atoms with E-state index in [1.165, 1.54) is 5.57 Å². The minimum atomic E-state index is 0.00199. The van der Waals surface area contributed by atoms with Crippen LogP contribution in [0.4, 0.5) is 0 Å². The van der Waals surface area contributed by atoms with E-state index in [0.717, 1.165) is 24.4 Å². The van der Waals surface area contributed by atoms with E-state index >= 15 is 0 Å². The average Bonchev–Trinajstić information content (AvgIpc) is 2.58. The molecule has 0 bridgehead atoms. The highest BCUT2D eigenvalue weighted by molar-refractivity contribution is 5.93. The molecule has 2 rings (SSSR count). The first-order valence-electron chi connectivity index (χ1n) is 5.33. The molecule has 0 atom stereocenters. The highest BCUT2D eigenvalue weighted by Gasteiger charge is 2.15. The third kappa shape index (κ3) is 2.30. The summed E-state index contributed by atoms with van der Waals surface area (Å²) < 4.78 is 1.72. The molecule has 0 spiro atoms. The summed E-state index contributed by atoms with van der Waals surface area (Å²) in [6, 6.07) is 1.90. The van der Waals surface area contributed by atoms with Crippen LogP contribution in [0.2, 0.25) is 0 Å². The van der Waals surface area contributed by atoms with Crippen molar-refractivity contribution in [2.24, 2.45) is 7.05 Å². The van der Waals surface area contributed by atoms with Crippen LogP contribution in [0.15, 0.2) is 23.4 Å². The second-order valence-corrected chi connectivity index (χ2v) is 4.00. The second-order valence-electron chi connectivity index (χ2n) is 4.00. The molecule has 16 heavy (non-hydrogen) atoms. The van der Waals surface area contributed by atoms with Crippen molar-refractivity contribution in [1.29, 1.82) is 0 Å². The minimum Gasteiger partial charge on any atom is -0.347 e. The van der Waals surface area contributed by atoms with Gasteiger partial charge in [-0.3, -0.25) is 9.48 Å². The summed E-state index contributed by atoms with van der Waals surface area (Å²) in [5.41, 5.74) is 2.90. The summed E-state index contributed by atoms with van der Waals surface area (Å²) in [5.74, 6) is 0.00199. The first kappa shape index (κ1) is 10.9. The summed E-state index contributed by atoms with van der Waals surface area (Å²) in [5, 5.41) is 10.2. The first-order valence-corrected chi connectivity index (χ1v) is 5.33. The Morgan fingerprint density at radius 2 is 2.38 bits per heavy atom. The standard InChI is InChI=1S/C11H16N4O/c1-8(9-5-12-6-9)11(16)13-7-10-3-4-15(2)14-10/h3-4,12H,5-7H2,1-2H3,(H,13,16). The van der Waals surface area contributed by atoms with Crippen molar-refractivity contribution in [3.05, 3.63) is 29.1 Å². The van der Waals surface area contributed by atoms with E-state index in [9.17, 15) is 4.79 Å². The lowest BCUT2D eigenvalue weighted by atomic mass is 10.0. The minimum absolute atomic E-state index is 0.00199. The van der Waals surface area contributed by atoms with E-state index in [0.29, 0.717) is 6.54 Å². The lowest BCUT2D eigenvalue weighted by molar-refractivity contribution is -0.117. The number of hydrogen-bond donors (Lipinski definition) is 2. The zero-order chi connectivity index (χ0) is 11.5. The fourth-order valence-corrected chi connectivity index (χ4v) is 1.54. The van der Waals surface area contributed by atoms with Crippen LogP contribution in [-0.4, -0.2) is 28.8 Å². The summed E-state index contributed by atoms with van der Waals surface area (Å²) >= 11 is 0. The predicted octanol–water partition coefficient (Wildman–Crippen LogP) is -0.0440. The quantitative estimate of drug-likeness (QED) is 0.702. The largest absolute Gasteiger partial charge is 0.347 e. The zero-order valence-electron chi connectivity index (χ0n) is 9.58. The van der Waals surface area contributed by atoms with Crippen molar-refractivity contribution in [3.63, 3.8) is 0 Å². The fourth-order valence-electron chi connectivity index (χ4n) is 1.54. The molecule has 0 radical (unpaired) electrons. The van der Waals surface area contributed by atoms with Gasteiger partial charge in [-0.25, -0.2) is 0 Å². The number of hydrogen-bond acceptors (Lipinski definition) is 3. The SMILES string of the molecule is CC(C(=O)NCc1ccn(C)n1)=C1CNC1. The Hall–Kier alpha value is -1.62. The van der Waals surface area contributed by atoms with Gasteiger partial charge in [0, 0.05) is 31.9 Å². The molecule has 1 aliphatic rings. The van der Waals surface area contributed by atoms with Gasteiger partial charge < -0.3 is 10.6 Å². The summed E-state index contributed by atoms with van der Waals surface area (Å²) in [6.07, 6.45) is 1.86. The maximum atomic E-state index is 11.7. The highest BCUT2D eigenvalue weighted by atomic mass is 16.1. The maximum absolute atomic E-state index is 11.7. The smallest absolute Gasteiger partial charge is 0.247 e. The van der Waals surface area contributed by atoms with Crippen LogP contribution in [0.5, 0.6) is 0 Å². The van der Waals surface area contributed by atoms with Gasteiger partial charge in [-0.05, 0) is 18.6 Å². The van der Waals surface area contributed by atoms with Crippen LogP contribution in [-0.2, 0) is 18.4 Å². The lowest BCUT2D eigenvalue weighted by Crippen LogP contribution is -2.37.